The molecule has 0 saturated carbocycles. The molecule has 0 aliphatic heterocycles. The van der Waals surface area contributed by atoms with Crippen LogP contribution in [0.15, 0.2) is 41.3 Å². The van der Waals surface area contributed by atoms with Crippen molar-refractivity contribution < 1.29 is 32.2 Å². The minimum atomic E-state index is -3.65. The first kappa shape index (κ1) is 24.2. The van der Waals surface area contributed by atoms with Crippen molar-refractivity contribution in [2.45, 2.75) is 24.8 Å². The monoisotopic (exact) mass is 450 g/mol. The zero-order valence-corrected chi connectivity index (χ0v) is 19.1. The Kier molecular flexibility index (Phi) is 7.64. The zero-order chi connectivity index (χ0) is 23.3. The Hall–Kier alpha value is -3.11. The van der Waals surface area contributed by atoms with Crippen LogP contribution in [0, 0.1) is 6.92 Å². The predicted molar refractivity (Wildman–Crippen MR) is 115 cm³/mol. The average Bonchev–Trinajstić information content (AvgIpc) is 2.74. The molecule has 0 aliphatic rings. The topological polar surface area (TPSA) is 111 Å². The number of amides is 1. The fraction of sp³-hybridized carbons (Fsp3) is 0.333. The van der Waals surface area contributed by atoms with Crippen molar-refractivity contribution in [3.05, 3.63) is 47.5 Å². The summed E-state index contributed by atoms with van der Waals surface area (Å²) in [6.07, 6.45) is -0.939. The van der Waals surface area contributed by atoms with Gasteiger partial charge in [-0.1, -0.05) is 6.07 Å². The molecule has 1 amide bonds. The van der Waals surface area contributed by atoms with E-state index < -0.39 is 28.0 Å². The SMILES string of the molecule is COC(=O)c1ccc(OC(C)C(=O)Nc2cc(S(=O)(=O)N(C)C)ccc2C)c(OC)c1. The number of hydrogen-bond acceptors (Lipinski definition) is 7. The maximum absolute atomic E-state index is 12.7. The van der Waals surface area contributed by atoms with Crippen LogP contribution in [0.1, 0.15) is 22.8 Å². The number of ether oxygens (including phenoxy) is 3. The number of carbonyl (C=O) groups is 2. The summed E-state index contributed by atoms with van der Waals surface area (Å²) in [5.41, 5.74) is 1.33. The van der Waals surface area contributed by atoms with Gasteiger partial charge < -0.3 is 19.5 Å². The summed E-state index contributed by atoms with van der Waals surface area (Å²) in [7, 11) is 1.90. The summed E-state index contributed by atoms with van der Waals surface area (Å²) < 4.78 is 41.4. The Bertz CT molecular complexity index is 1080. The third-order valence-corrected chi connectivity index (χ3v) is 6.31. The molecule has 0 saturated heterocycles. The highest BCUT2D eigenvalue weighted by molar-refractivity contribution is 7.89. The lowest BCUT2D eigenvalue weighted by Gasteiger charge is -2.18. The molecule has 0 radical (unpaired) electrons. The number of benzene rings is 2. The maximum Gasteiger partial charge on any atom is 0.337 e. The molecular weight excluding hydrogens is 424 g/mol. The Morgan fingerprint density at radius 1 is 1.03 bits per heavy atom. The normalized spacial score (nSPS) is 12.2. The Balaban J connectivity index is 2.21. The molecule has 2 rings (SSSR count). The van der Waals surface area contributed by atoms with E-state index in [9.17, 15) is 18.0 Å². The molecule has 0 bridgehead atoms. The first-order chi connectivity index (χ1) is 14.5. The van der Waals surface area contributed by atoms with Crippen LogP contribution in [0.2, 0.25) is 0 Å². The lowest BCUT2D eigenvalue weighted by molar-refractivity contribution is -0.122. The van der Waals surface area contributed by atoms with Crippen molar-refractivity contribution in [2.24, 2.45) is 0 Å². The van der Waals surface area contributed by atoms with Gasteiger partial charge in [-0.25, -0.2) is 17.5 Å². The second-order valence-corrected chi connectivity index (χ2v) is 9.02. The Morgan fingerprint density at radius 3 is 2.29 bits per heavy atom. The third kappa shape index (κ3) is 5.53. The summed E-state index contributed by atoms with van der Waals surface area (Å²) in [6, 6.07) is 8.95. The number of carbonyl (C=O) groups excluding carboxylic acids is 2. The number of sulfonamides is 1. The highest BCUT2D eigenvalue weighted by atomic mass is 32.2. The van der Waals surface area contributed by atoms with Crippen LogP contribution in [0.3, 0.4) is 0 Å². The quantitative estimate of drug-likeness (QED) is 0.615. The third-order valence-electron chi connectivity index (χ3n) is 4.50. The number of anilines is 1. The lowest BCUT2D eigenvalue weighted by atomic mass is 10.2. The van der Waals surface area contributed by atoms with E-state index in [2.05, 4.69) is 10.1 Å². The molecule has 31 heavy (non-hydrogen) atoms. The van der Waals surface area contributed by atoms with Crippen LogP contribution in [-0.2, 0) is 19.6 Å². The predicted octanol–water partition coefficient (Wildman–Crippen LogP) is 2.45. The molecule has 0 aliphatic carbocycles. The van der Waals surface area contributed by atoms with Gasteiger partial charge in [-0.05, 0) is 49.7 Å². The van der Waals surface area contributed by atoms with E-state index in [1.54, 1.807) is 19.9 Å². The lowest BCUT2D eigenvalue weighted by Crippen LogP contribution is -2.30. The standard InChI is InChI=1S/C21H26N2O7S/c1-13-7-9-16(31(26,27)23(3)4)12-17(13)22-20(24)14(2)30-18-10-8-15(21(25)29-6)11-19(18)28-5/h7-12,14H,1-6H3,(H,22,24). The second-order valence-electron chi connectivity index (χ2n) is 6.87. The van der Waals surface area contributed by atoms with Crippen molar-refractivity contribution in [2.75, 3.05) is 33.6 Å². The van der Waals surface area contributed by atoms with Gasteiger partial charge in [0.15, 0.2) is 17.6 Å². The van der Waals surface area contributed by atoms with E-state index in [0.717, 1.165) is 4.31 Å². The molecule has 0 spiro atoms. The fourth-order valence-electron chi connectivity index (χ4n) is 2.60. The average molecular weight is 451 g/mol. The molecule has 1 unspecified atom stereocenters. The molecule has 0 aromatic heterocycles. The number of hydrogen-bond donors (Lipinski definition) is 1. The van der Waals surface area contributed by atoms with E-state index in [-0.39, 0.29) is 22.0 Å². The molecular formula is C21H26N2O7S. The van der Waals surface area contributed by atoms with Crippen LogP contribution in [0.25, 0.3) is 0 Å². The molecule has 9 nitrogen and oxygen atoms in total. The molecule has 2 aromatic rings. The van der Waals surface area contributed by atoms with Crippen LogP contribution in [0.5, 0.6) is 11.5 Å². The second kappa shape index (κ2) is 9.80. The van der Waals surface area contributed by atoms with Crippen molar-refractivity contribution in [1.29, 1.82) is 0 Å². The zero-order valence-electron chi connectivity index (χ0n) is 18.3. The highest BCUT2D eigenvalue weighted by Crippen LogP contribution is 2.30. The van der Waals surface area contributed by atoms with E-state index in [0.29, 0.717) is 11.3 Å². The summed E-state index contributed by atoms with van der Waals surface area (Å²) in [5, 5.41) is 2.70. The van der Waals surface area contributed by atoms with E-state index in [4.69, 9.17) is 9.47 Å². The van der Waals surface area contributed by atoms with Gasteiger partial charge in [0.05, 0.1) is 24.7 Å². The first-order valence-electron chi connectivity index (χ1n) is 9.28. The minimum Gasteiger partial charge on any atom is -0.493 e. The molecule has 0 heterocycles. The molecule has 10 heteroatoms. The molecule has 1 atom stereocenters. The summed E-state index contributed by atoms with van der Waals surface area (Å²) in [4.78, 5) is 24.4. The van der Waals surface area contributed by atoms with Gasteiger partial charge in [0.1, 0.15) is 0 Å². The minimum absolute atomic E-state index is 0.0621. The van der Waals surface area contributed by atoms with E-state index >= 15 is 0 Å². The van der Waals surface area contributed by atoms with E-state index in [1.165, 1.54) is 58.6 Å². The van der Waals surface area contributed by atoms with Gasteiger partial charge >= 0.3 is 5.97 Å². The molecule has 0 fully saturated rings. The van der Waals surface area contributed by atoms with Gasteiger partial charge in [-0.3, -0.25) is 4.79 Å². The Morgan fingerprint density at radius 2 is 1.71 bits per heavy atom. The van der Waals surface area contributed by atoms with Crippen LogP contribution < -0.4 is 14.8 Å². The number of rotatable bonds is 8. The van der Waals surface area contributed by atoms with Crippen molar-refractivity contribution in [3.8, 4) is 11.5 Å². The summed E-state index contributed by atoms with van der Waals surface area (Å²) >= 11 is 0. The maximum atomic E-state index is 12.7. The Labute approximate surface area is 182 Å². The molecule has 2 aromatic carbocycles. The van der Waals surface area contributed by atoms with E-state index in [1.807, 2.05) is 0 Å². The van der Waals surface area contributed by atoms with Gasteiger partial charge in [0, 0.05) is 19.8 Å². The smallest absolute Gasteiger partial charge is 0.337 e. The van der Waals surface area contributed by atoms with Gasteiger partial charge in [-0.2, -0.15) is 0 Å². The number of nitrogens with zero attached hydrogens (tertiary/aromatic N) is 1. The molecule has 1 N–H and O–H groups in total. The van der Waals surface area contributed by atoms with Crippen molar-refractivity contribution in [1.82, 2.24) is 4.31 Å². The van der Waals surface area contributed by atoms with Crippen LogP contribution >= 0.6 is 0 Å². The van der Waals surface area contributed by atoms with Gasteiger partial charge in [-0.15, -0.1) is 0 Å². The van der Waals surface area contributed by atoms with Crippen molar-refractivity contribution in [3.63, 3.8) is 0 Å². The number of methoxy groups -OCH3 is 2. The number of aryl methyl sites for hydroxylation is 1. The van der Waals surface area contributed by atoms with Gasteiger partial charge in [0.2, 0.25) is 10.0 Å². The number of esters is 1. The highest BCUT2D eigenvalue weighted by Gasteiger charge is 2.22. The molecule has 168 valence electrons. The van der Waals surface area contributed by atoms with Crippen LogP contribution in [0.4, 0.5) is 5.69 Å². The summed E-state index contributed by atoms with van der Waals surface area (Å²) in [6.45, 7) is 3.29. The fourth-order valence-corrected chi connectivity index (χ4v) is 3.52. The summed E-state index contributed by atoms with van der Waals surface area (Å²) in [5.74, 6) is -0.489. The first-order valence-corrected chi connectivity index (χ1v) is 10.7. The largest absolute Gasteiger partial charge is 0.493 e. The van der Waals surface area contributed by atoms with Crippen LogP contribution in [-0.4, -0.2) is 59.0 Å². The van der Waals surface area contributed by atoms with Crippen molar-refractivity contribution >= 4 is 27.6 Å². The van der Waals surface area contributed by atoms with Gasteiger partial charge in [0.25, 0.3) is 5.91 Å². The number of nitrogens with one attached hydrogen (secondary N) is 1.